The second-order valence-corrected chi connectivity index (χ2v) is 8.54. The van der Waals surface area contributed by atoms with E-state index in [4.69, 9.17) is 11.6 Å². The third-order valence-electron chi connectivity index (χ3n) is 5.75. The number of carbonyl (C=O) groups is 2. The minimum absolute atomic E-state index is 0. The first-order valence-corrected chi connectivity index (χ1v) is 11.8. The Hall–Kier alpha value is -3.53. The molecule has 0 unspecified atom stereocenters. The zero-order valence-corrected chi connectivity index (χ0v) is 26.2. The Morgan fingerprint density at radius 3 is 2.39 bits per heavy atom. The summed E-state index contributed by atoms with van der Waals surface area (Å²) in [6.07, 6.45) is 10.1. The Morgan fingerprint density at radius 1 is 1.08 bits per heavy atom. The van der Waals surface area contributed by atoms with E-state index in [9.17, 15) is 9.59 Å². The van der Waals surface area contributed by atoms with Crippen molar-refractivity contribution in [2.75, 3.05) is 18.9 Å². The van der Waals surface area contributed by atoms with E-state index in [-0.39, 0.29) is 49.5 Å². The summed E-state index contributed by atoms with van der Waals surface area (Å²) in [5.41, 5.74) is 5.88. The summed E-state index contributed by atoms with van der Waals surface area (Å²) in [7, 11) is 1.64. The number of carbonyl (C=O) groups excluding carboxylic acids is 2. The zero-order valence-electron chi connectivity index (χ0n) is 22.1. The van der Waals surface area contributed by atoms with Gasteiger partial charge in [-0.3, -0.25) is 15.3 Å². The zero-order chi connectivity index (χ0) is 26.9. The van der Waals surface area contributed by atoms with Crippen LogP contribution >= 0.6 is 0 Å². The average Bonchev–Trinajstić information content (AvgIpc) is 2.89. The molecule has 1 aliphatic rings. The summed E-state index contributed by atoms with van der Waals surface area (Å²) in [6.45, 7) is 15.5. The molecule has 3 rings (SSSR count). The van der Waals surface area contributed by atoms with Gasteiger partial charge in [-0.15, -0.1) is 6.92 Å². The summed E-state index contributed by atoms with van der Waals surface area (Å²) in [4.78, 5) is 35.8. The summed E-state index contributed by atoms with van der Waals surface area (Å²) >= 11 is 0. The van der Waals surface area contributed by atoms with Gasteiger partial charge in [0.2, 0.25) is 0 Å². The number of nitrogens with one attached hydrogen (secondary N) is 1. The van der Waals surface area contributed by atoms with Crippen molar-refractivity contribution >= 4 is 35.1 Å². The number of aryl methyl sites for hydroxylation is 1. The van der Waals surface area contributed by atoms with Gasteiger partial charge in [0.1, 0.15) is 0 Å². The first-order chi connectivity index (χ1) is 17.7. The van der Waals surface area contributed by atoms with Crippen molar-refractivity contribution in [2.24, 2.45) is 9.98 Å². The van der Waals surface area contributed by atoms with Crippen LogP contribution in [0, 0.1) is 44.6 Å². The maximum absolute atomic E-state index is 13.1. The van der Waals surface area contributed by atoms with Crippen LogP contribution in [0.15, 0.2) is 106 Å². The number of hydrogen-bond acceptors (Lipinski definition) is 4. The van der Waals surface area contributed by atoms with Crippen LogP contribution in [-0.2, 0) is 4.79 Å². The molecule has 0 fully saturated rings. The minimum Gasteiger partial charge on any atom is -0.596 e. The predicted octanol–water partition coefficient (Wildman–Crippen LogP) is 5.84. The van der Waals surface area contributed by atoms with Gasteiger partial charge in [-0.05, 0) is 56.3 Å². The second kappa shape index (κ2) is 14.4. The van der Waals surface area contributed by atoms with E-state index >= 15 is 0 Å². The predicted molar refractivity (Wildman–Crippen MR) is 152 cm³/mol. The number of amides is 2. The first kappa shape index (κ1) is 30.7. The number of hydrogen-bond donors (Lipinski definition) is 1. The van der Waals surface area contributed by atoms with Crippen LogP contribution in [0.1, 0.15) is 35.3 Å². The van der Waals surface area contributed by atoms with E-state index in [1.165, 1.54) is 4.90 Å². The summed E-state index contributed by atoms with van der Waals surface area (Å²) < 4.78 is 0. The van der Waals surface area contributed by atoms with Crippen LogP contribution in [0.2, 0.25) is 0 Å². The van der Waals surface area contributed by atoms with Crippen LogP contribution in [0.3, 0.4) is 0 Å². The van der Waals surface area contributed by atoms with Crippen molar-refractivity contribution < 1.29 is 40.7 Å². The van der Waals surface area contributed by atoms with E-state index in [1.54, 1.807) is 45.2 Å². The Kier molecular flexibility index (Phi) is 11.6. The molecule has 2 amide bonds. The number of allylic oxidation sites excluding steroid dienone is 5. The van der Waals surface area contributed by atoms with Crippen LogP contribution < -0.4 is 5.32 Å². The molecule has 7 heteroatoms. The molecule has 0 spiro atoms. The molecule has 2 aromatic rings. The molecule has 190 valence electrons. The van der Waals surface area contributed by atoms with Gasteiger partial charge >= 0.3 is 31.1 Å². The van der Waals surface area contributed by atoms with Gasteiger partial charge in [0.15, 0.2) is 0 Å². The molecule has 2 aromatic carbocycles. The Bertz CT molecular complexity index is 1380. The molecule has 0 atom stereocenters. The van der Waals surface area contributed by atoms with Gasteiger partial charge in [0.25, 0.3) is 11.8 Å². The monoisotopic (exact) mass is 728 g/mol. The largest absolute Gasteiger partial charge is 2.00 e. The topological polar surface area (TPSA) is 74.1 Å². The van der Waals surface area contributed by atoms with Crippen LogP contribution in [0.25, 0.3) is 5.70 Å². The number of anilines is 1. The van der Waals surface area contributed by atoms with Gasteiger partial charge in [-0.1, -0.05) is 49.1 Å². The Morgan fingerprint density at radius 2 is 1.74 bits per heavy atom. The summed E-state index contributed by atoms with van der Waals surface area (Å²) in [5, 5.41) is 2.89. The third kappa shape index (κ3) is 7.98. The number of rotatable bonds is 8. The standard InChI is InChI=1S/C31H30N4O2.U/c1-7-32-22(3)20-35(6)31(37)25-16-18-26(19-17-25)34-30(36)23(4)28-14-10-11-15-29(28)33-24(5)27-13-9-8-12-21(27)2;/h3,8-19H,5,20H2,1-2,4,6H3,(H,34,36);/q-2;+2/b28-23+,33-29?;. The number of aliphatic imine (C=N–C) groups is 2. The minimum atomic E-state index is -0.267. The SMILES string of the molecule is [CH-]=C(CN(C)C(=O)c1ccc(NC(=O)/C(C)=C2\C=CC=CC2=NC(=C)c2ccccc2C)cc1)N=[C-]C.[U+2]. The molecule has 0 saturated carbocycles. The van der Waals surface area contributed by atoms with Crippen LogP contribution in [0.4, 0.5) is 5.69 Å². The average molecular weight is 729 g/mol. The molecule has 0 radical (unpaired) electrons. The molecule has 1 N–H and O–H groups in total. The van der Waals surface area contributed by atoms with Crippen molar-refractivity contribution in [3.8, 4) is 0 Å². The molecule has 0 aromatic heterocycles. The van der Waals surface area contributed by atoms with Crippen molar-refractivity contribution in [3.63, 3.8) is 0 Å². The van der Waals surface area contributed by atoms with Crippen molar-refractivity contribution in [1.29, 1.82) is 0 Å². The van der Waals surface area contributed by atoms with Crippen LogP contribution in [-0.4, -0.2) is 42.2 Å². The van der Waals surface area contributed by atoms with Gasteiger partial charge < -0.3 is 21.8 Å². The quantitative estimate of drug-likeness (QED) is 0.211. The third-order valence-corrected chi connectivity index (χ3v) is 5.75. The molecule has 0 aliphatic heterocycles. The fraction of sp³-hybridized carbons (Fsp3) is 0.161. The maximum Gasteiger partial charge on any atom is 2.00 e. The molecule has 0 heterocycles. The molecule has 1 aliphatic carbocycles. The maximum atomic E-state index is 13.1. The molecule has 6 nitrogen and oxygen atoms in total. The van der Waals surface area contributed by atoms with E-state index in [0.29, 0.717) is 39.5 Å². The van der Waals surface area contributed by atoms with Crippen molar-refractivity contribution in [3.05, 3.63) is 120 Å². The van der Waals surface area contributed by atoms with Crippen LogP contribution in [0.5, 0.6) is 0 Å². The van der Waals surface area contributed by atoms with Gasteiger partial charge in [0.05, 0.1) is 11.4 Å². The fourth-order valence-corrected chi connectivity index (χ4v) is 3.75. The van der Waals surface area contributed by atoms with Crippen molar-refractivity contribution in [2.45, 2.75) is 20.8 Å². The molecular formula is C31H30N4O2U. The second-order valence-electron chi connectivity index (χ2n) is 8.54. The fourth-order valence-electron chi connectivity index (χ4n) is 3.75. The summed E-state index contributed by atoms with van der Waals surface area (Å²) in [5.74, 6) is -0.476. The van der Waals surface area contributed by atoms with E-state index in [2.05, 4.69) is 23.1 Å². The molecular weight excluding hydrogens is 698 g/mol. The normalized spacial score (nSPS) is 14.7. The van der Waals surface area contributed by atoms with Gasteiger partial charge in [0, 0.05) is 35.0 Å². The summed E-state index contributed by atoms with van der Waals surface area (Å²) in [6, 6.07) is 14.6. The molecule has 38 heavy (non-hydrogen) atoms. The molecule has 0 saturated heterocycles. The number of likely N-dealkylation sites (N-methyl/N-ethyl adjacent to an activating group) is 1. The van der Waals surface area contributed by atoms with E-state index in [0.717, 1.165) is 11.1 Å². The first-order valence-electron chi connectivity index (χ1n) is 11.8. The van der Waals surface area contributed by atoms with Crippen molar-refractivity contribution in [1.82, 2.24) is 4.90 Å². The smallest absolute Gasteiger partial charge is 0.596 e. The van der Waals surface area contributed by atoms with Gasteiger partial charge in [-0.25, -0.2) is 4.99 Å². The number of benzene rings is 2. The van der Waals surface area contributed by atoms with E-state index in [1.807, 2.05) is 55.5 Å². The van der Waals surface area contributed by atoms with Gasteiger partial charge in [-0.2, -0.15) is 6.21 Å². The number of nitrogens with zero attached hydrogens (tertiary/aromatic N) is 3. The van der Waals surface area contributed by atoms with E-state index < -0.39 is 0 Å². The Labute approximate surface area is 248 Å². The Balaban J connectivity index is 0.00000507. The molecule has 0 bridgehead atoms.